The van der Waals surface area contributed by atoms with Gasteiger partial charge in [0.15, 0.2) is 28.0 Å². The molecule has 27 nitrogen and oxygen atoms in total. The third-order valence-electron chi connectivity index (χ3n) is 17.1. The summed E-state index contributed by atoms with van der Waals surface area (Å²) in [5, 5.41) is 42.3. The quantitative estimate of drug-likeness (QED) is 0.0292. The molecule has 0 fully saturated rings. The number of fused-ring (bicyclic) bond motifs is 4. The van der Waals surface area contributed by atoms with Gasteiger partial charge in [-0.25, -0.2) is 19.6 Å². The van der Waals surface area contributed by atoms with Gasteiger partial charge in [-0.15, -0.1) is 11.5 Å². The molecule has 10 N–H and O–H groups in total. The van der Waals surface area contributed by atoms with E-state index in [1.807, 2.05) is 197 Å². The van der Waals surface area contributed by atoms with Crippen LogP contribution in [-0.2, 0) is 46.5 Å². The number of nitrogen functional groups attached to an aromatic ring is 1. The second-order valence-electron chi connectivity index (χ2n) is 28.2. The molecule has 0 aliphatic heterocycles. The van der Waals surface area contributed by atoms with Crippen LogP contribution < -0.4 is 36.3 Å². The first-order valence-electron chi connectivity index (χ1n) is 36.8. The standard InChI is InChI=1S/C27H27N5O3.C22H23N5O.C16H21NO3.C11H7BrN4.C11H9N5.3CH4.B.2BrH.Cu.H2/c1-27(2,3)35-26(33)29-22(15-18-5-10-23(34-4)11-6-18)9-12-24-30-25(32-31-24)20-7-8-21-17-28-14-13-19(21)16-20;1-28-20-7-2-15(3-8-20)12-19(23)6-9-21-25-22(27-26-21)17-4-5-18-14-24-11-10-16(18)13-17;1-6-13(17-15(18)20-16(2,3)4)11-12-7-9-14(19-5)10-8-12;2*12-11-14-10(15-16-11)8-1-2-9-6-13-4-3-7(9)5-8;;;;;;;;/h5-8,10-11,13-14,16-17,22H,15H2,1-4H3,(H,29,33)(H,30,31,32);2-5,7-8,10-11,13-14,19H,6,9,12,23H2,1H3,(H,25,26,27);1,7-10,13H,11H2,2-5H3,(H,17,18);1-6H,(H,14,15,16);1-6H,(H3,12,14,15,16);3*1H4;;2*1H;;1H/q;;;;;;;;;;;+2;/p-2/t22-;19-;13-;;;;;;;;;;/m111........../s1/i;;;;;;;;;;;;1+1. The van der Waals surface area contributed by atoms with Crippen LogP contribution in [0.2, 0.25) is 0 Å². The molecule has 7 aromatic carbocycles. The Hall–Kier alpha value is -12.4. The summed E-state index contributed by atoms with van der Waals surface area (Å²) in [6.07, 6.45) is 22.3. The molecule has 638 valence electrons. The molecule has 122 heavy (non-hydrogen) atoms. The summed E-state index contributed by atoms with van der Waals surface area (Å²) in [7, 11) is 4.90. The Labute approximate surface area is 743 Å². The molecule has 8 aromatic heterocycles. The van der Waals surface area contributed by atoms with Gasteiger partial charge in [0.05, 0.1) is 33.4 Å². The Bertz CT molecular complexity index is 5760. The summed E-state index contributed by atoms with van der Waals surface area (Å²) in [6, 6.07) is 54.3. The molecule has 32 heteroatoms. The van der Waals surface area contributed by atoms with Crippen molar-refractivity contribution in [2.45, 2.75) is 125 Å². The van der Waals surface area contributed by atoms with Crippen molar-refractivity contribution in [1.82, 2.24) is 91.3 Å². The number of terminal acetylenes is 1. The number of halogens is 3. The number of aromatic amines is 4. The SMILES string of the molecule is Brc1nc(-c2ccc3cnccc3c2)n[nH]1.C.C.C.C#C[C@H](Cc1ccc(OC)cc1)NC(=O)OC(C)(C)C.COc1ccc(C[C@@H](C#Cc2nc(-c3ccc4cnccc4c3)n[nH]2)NC(=O)OC(C)(C)C)cc1.COc1ccc(C[C@H](N)CCc2nc(-c3ccc4cnccc4c3)n[nH]2)cc1.Nc1n[nH]c(-c2ccc3cnccc3c2)n1.[2HH].[B].[Br][Cu][Br]. The maximum absolute atomic E-state index is 12.4. The van der Waals surface area contributed by atoms with Gasteiger partial charge >= 0.3 is 51.7 Å². The van der Waals surface area contributed by atoms with Crippen molar-refractivity contribution in [3.63, 3.8) is 0 Å². The molecule has 8 heterocycles. The molecule has 0 bridgehead atoms. The molecular formula is C90H101BBr3CuN20O7. The van der Waals surface area contributed by atoms with Gasteiger partial charge in [0.25, 0.3) is 0 Å². The number of carbonyl (C=O) groups is 2. The van der Waals surface area contributed by atoms with Crippen LogP contribution in [-0.4, -0.2) is 152 Å². The van der Waals surface area contributed by atoms with Crippen molar-refractivity contribution >= 4 is 114 Å². The molecule has 3 atom stereocenters. The van der Waals surface area contributed by atoms with Crippen LogP contribution in [0.3, 0.4) is 0 Å². The van der Waals surface area contributed by atoms with Gasteiger partial charge in [-0.2, -0.15) is 25.3 Å². The number of hydrogen-bond donors (Lipinski definition) is 8. The van der Waals surface area contributed by atoms with E-state index in [0.29, 0.717) is 46.7 Å². The van der Waals surface area contributed by atoms with Gasteiger partial charge in [-0.3, -0.25) is 40.3 Å². The van der Waals surface area contributed by atoms with E-state index in [9.17, 15) is 9.59 Å². The number of nitrogens with two attached hydrogens (primary N) is 2. The van der Waals surface area contributed by atoms with Gasteiger partial charge < -0.3 is 45.8 Å². The summed E-state index contributed by atoms with van der Waals surface area (Å²) in [6.45, 7) is 10.9. The van der Waals surface area contributed by atoms with Crippen LogP contribution in [0.5, 0.6) is 17.2 Å². The Balaban J connectivity index is 0.000000276. The van der Waals surface area contributed by atoms with Crippen LogP contribution in [0.4, 0.5) is 15.5 Å². The molecule has 0 spiro atoms. The van der Waals surface area contributed by atoms with Crippen LogP contribution in [0, 0.1) is 24.2 Å². The molecule has 0 aliphatic rings. The average Bonchev–Trinajstić information content (AvgIpc) is 1.59. The molecule has 3 radical (unpaired) electrons. The number of nitrogens with zero attached hydrogens (tertiary/aromatic N) is 12. The van der Waals surface area contributed by atoms with E-state index in [-0.39, 0.29) is 44.1 Å². The number of rotatable bonds is 18. The predicted molar refractivity (Wildman–Crippen MR) is 495 cm³/mol. The van der Waals surface area contributed by atoms with Gasteiger partial charge in [0.2, 0.25) is 11.8 Å². The number of pyridine rings is 4. The van der Waals surface area contributed by atoms with Gasteiger partial charge in [-0.1, -0.05) is 119 Å². The number of methoxy groups -OCH3 is 3. The fourth-order valence-electron chi connectivity index (χ4n) is 11.5. The molecule has 0 unspecified atom stereocenters. The zero-order chi connectivity index (χ0) is 84.0. The van der Waals surface area contributed by atoms with Crippen molar-refractivity contribution < 1.29 is 46.0 Å². The van der Waals surface area contributed by atoms with Crippen LogP contribution in [0.1, 0.15) is 100 Å². The fourth-order valence-corrected chi connectivity index (χ4v) is 11.7. The zero-order valence-electron chi connectivity index (χ0n) is 66.5. The number of aryl methyl sites for hydroxylation is 1. The van der Waals surface area contributed by atoms with Crippen molar-refractivity contribution in [1.29, 1.82) is 0 Å². The third kappa shape index (κ3) is 31.3. The number of benzene rings is 7. The summed E-state index contributed by atoms with van der Waals surface area (Å²) in [5.74, 6) is 15.2. The number of aromatic nitrogens is 16. The van der Waals surface area contributed by atoms with Crippen LogP contribution in [0.25, 0.3) is 88.6 Å². The number of hydrogen-bond acceptors (Lipinski definition) is 21. The Kier molecular flexibility index (Phi) is 39.3. The molecule has 0 saturated carbocycles. The number of anilines is 1. The molecule has 15 rings (SSSR count). The number of H-pyrrole nitrogens is 4. The van der Waals surface area contributed by atoms with E-state index in [1.165, 1.54) is 16.9 Å². The second kappa shape index (κ2) is 48.7. The van der Waals surface area contributed by atoms with E-state index in [2.05, 4.69) is 171 Å². The minimum absolute atomic E-state index is 0. The third-order valence-corrected chi connectivity index (χ3v) is 17.5. The van der Waals surface area contributed by atoms with Crippen molar-refractivity contribution in [2.75, 3.05) is 27.1 Å². The van der Waals surface area contributed by atoms with E-state index >= 15 is 0 Å². The summed E-state index contributed by atoms with van der Waals surface area (Å²) in [4.78, 5) is 57.9. The van der Waals surface area contributed by atoms with E-state index < -0.39 is 35.5 Å². The summed E-state index contributed by atoms with van der Waals surface area (Å²) in [5.41, 5.74) is 17.6. The van der Waals surface area contributed by atoms with Crippen LogP contribution in [0.15, 0.2) is 224 Å². The van der Waals surface area contributed by atoms with E-state index in [0.717, 1.165) is 119 Å². The summed E-state index contributed by atoms with van der Waals surface area (Å²) >= 11 is 10.6. The number of alkyl carbamates (subject to hydrolysis) is 2. The average molecular weight is 1890 g/mol. The number of amides is 2. The van der Waals surface area contributed by atoms with E-state index in [4.69, 9.17) is 41.6 Å². The predicted octanol–water partition coefficient (Wildman–Crippen LogP) is 18.7. The zero-order valence-corrected chi connectivity index (χ0v) is 72.2. The second-order valence-corrected chi connectivity index (χ2v) is 33.7. The van der Waals surface area contributed by atoms with Gasteiger partial charge in [0, 0.05) is 129 Å². The number of ether oxygens (including phenoxy) is 5. The minimum atomic E-state index is -0.613. The molecule has 15 aromatic rings. The Morgan fingerprint density at radius 2 is 0.869 bits per heavy atom. The normalized spacial score (nSPS) is 11.2. The number of carbonyl (C=O) groups excluding carboxylic acids is 2. The molecular weight excluding hydrogens is 1790 g/mol. The fraction of sp³-hybridized carbons (Fsp3) is 0.244. The topological polar surface area (TPSA) is 374 Å². The van der Waals surface area contributed by atoms with Crippen LogP contribution >= 0.6 is 44.2 Å². The first-order valence-corrected chi connectivity index (χ1v) is 42.2. The van der Waals surface area contributed by atoms with Gasteiger partial charge in [0.1, 0.15) is 34.3 Å². The van der Waals surface area contributed by atoms with Crippen molar-refractivity contribution in [3.8, 4) is 87.0 Å². The first-order chi connectivity index (χ1) is 56.9. The molecule has 0 saturated heterocycles. The van der Waals surface area contributed by atoms with E-state index in [1.54, 1.807) is 66.9 Å². The number of nitrogens with one attached hydrogen (secondary N) is 6. The Morgan fingerprint density at radius 3 is 1.26 bits per heavy atom. The summed E-state index contributed by atoms with van der Waals surface area (Å²) < 4.78 is 26.7. The molecule has 2 amide bonds. The monoisotopic (exact) mass is 1890 g/mol. The van der Waals surface area contributed by atoms with Crippen molar-refractivity contribution in [3.05, 3.63) is 253 Å². The first kappa shape index (κ1) is 98.4. The Morgan fingerprint density at radius 1 is 0.492 bits per heavy atom. The molecule has 0 aliphatic carbocycles. The van der Waals surface area contributed by atoms with Gasteiger partial charge in [-0.05, 0) is 199 Å². The van der Waals surface area contributed by atoms with Crippen molar-refractivity contribution in [2.24, 2.45) is 5.73 Å². The maximum atomic E-state index is 12.4.